The molecule has 4 nitrogen and oxygen atoms in total. The molecule has 1 aromatic carbocycles. The van der Waals surface area contributed by atoms with E-state index in [0.29, 0.717) is 0 Å². The van der Waals surface area contributed by atoms with Gasteiger partial charge in [-0.15, -0.1) is 0 Å². The average molecular weight is 284 g/mol. The summed E-state index contributed by atoms with van der Waals surface area (Å²) in [5, 5.41) is 6.41. The van der Waals surface area contributed by atoms with E-state index in [1.54, 1.807) is 0 Å². The van der Waals surface area contributed by atoms with E-state index in [4.69, 9.17) is 0 Å². The second kappa shape index (κ2) is 7.20. The van der Waals surface area contributed by atoms with Gasteiger partial charge in [0.15, 0.2) is 0 Å². The largest absolute Gasteiger partial charge is 0.378 e. The first-order valence-electron chi connectivity index (χ1n) is 7.20. The minimum Gasteiger partial charge on any atom is -0.378 e. The summed E-state index contributed by atoms with van der Waals surface area (Å²) in [6, 6.07) is 10.7. The molecule has 0 aliphatic carbocycles. The van der Waals surface area contributed by atoms with Gasteiger partial charge in [-0.1, -0.05) is 6.07 Å². The third-order valence-electron chi connectivity index (χ3n) is 3.46. The zero-order valence-corrected chi connectivity index (χ0v) is 13.3. The molecule has 2 N–H and O–H groups in total. The van der Waals surface area contributed by atoms with Gasteiger partial charge in [-0.2, -0.15) is 0 Å². The second-order valence-corrected chi connectivity index (χ2v) is 5.35. The molecule has 1 aromatic heterocycles. The van der Waals surface area contributed by atoms with Crippen molar-refractivity contribution < 1.29 is 0 Å². The fourth-order valence-electron chi connectivity index (χ4n) is 2.36. The van der Waals surface area contributed by atoms with E-state index >= 15 is 0 Å². The molecule has 0 spiro atoms. The van der Waals surface area contributed by atoms with E-state index in [9.17, 15) is 0 Å². The number of nitrogens with one attached hydrogen (secondary N) is 2. The van der Waals surface area contributed by atoms with Crippen LogP contribution in [0.15, 0.2) is 36.5 Å². The highest BCUT2D eigenvalue weighted by Gasteiger charge is 2.09. The molecule has 2 aromatic rings. The van der Waals surface area contributed by atoms with Crippen molar-refractivity contribution in [3.63, 3.8) is 0 Å². The van der Waals surface area contributed by atoms with Crippen molar-refractivity contribution in [3.05, 3.63) is 47.7 Å². The minimum atomic E-state index is 0.834. The van der Waals surface area contributed by atoms with Gasteiger partial charge in [0.1, 0.15) is 0 Å². The standard InChI is InChI=1S/C17H24N4/c1-18-11-13-7-8-20-17(9-13)16-10-15(21(3)4)6-5-14(16)12-19-2/h5-10,18-19H,11-12H2,1-4H3. The van der Waals surface area contributed by atoms with E-state index in [0.717, 1.165) is 18.8 Å². The SMILES string of the molecule is CNCc1ccnc(-c2cc(N(C)C)ccc2CNC)c1. The Labute approximate surface area is 127 Å². The molecule has 21 heavy (non-hydrogen) atoms. The van der Waals surface area contributed by atoms with E-state index in [1.165, 1.54) is 22.4 Å². The van der Waals surface area contributed by atoms with Gasteiger partial charge in [-0.25, -0.2) is 0 Å². The molecule has 0 aliphatic rings. The lowest BCUT2D eigenvalue weighted by molar-refractivity contribution is 0.813. The van der Waals surface area contributed by atoms with E-state index in [1.807, 2.05) is 26.4 Å². The zero-order valence-electron chi connectivity index (χ0n) is 13.3. The topological polar surface area (TPSA) is 40.2 Å². The molecule has 0 aliphatic heterocycles. The summed E-state index contributed by atoms with van der Waals surface area (Å²) in [5.74, 6) is 0. The highest BCUT2D eigenvalue weighted by atomic mass is 15.1. The molecule has 0 saturated carbocycles. The van der Waals surface area contributed by atoms with Crippen LogP contribution in [0.1, 0.15) is 11.1 Å². The molecule has 4 heteroatoms. The molecule has 2 rings (SSSR count). The predicted molar refractivity (Wildman–Crippen MR) is 89.5 cm³/mol. The van der Waals surface area contributed by atoms with Crippen LogP contribution in [0.3, 0.4) is 0 Å². The first-order chi connectivity index (χ1) is 10.2. The third kappa shape index (κ3) is 3.80. The summed E-state index contributed by atoms with van der Waals surface area (Å²) >= 11 is 0. The zero-order chi connectivity index (χ0) is 15.2. The summed E-state index contributed by atoms with van der Waals surface area (Å²) < 4.78 is 0. The van der Waals surface area contributed by atoms with Gasteiger partial charge >= 0.3 is 0 Å². The summed E-state index contributed by atoms with van der Waals surface area (Å²) in [6.07, 6.45) is 1.88. The van der Waals surface area contributed by atoms with Gasteiger partial charge in [0.05, 0.1) is 5.69 Å². The van der Waals surface area contributed by atoms with Gasteiger partial charge in [0.25, 0.3) is 0 Å². The van der Waals surface area contributed by atoms with Crippen LogP contribution in [0.4, 0.5) is 5.69 Å². The van der Waals surface area contributed by atoms with Gasteiger partial charge < -0.3 is 15.5 Å². The van der Waals surface area contributed by atoms with Gasteiger partial charge in [0, 0.05) is 44.6 Å². The van der Waals surface area contributed by atoms with Gasteiger partial charge in [-0.05, 0) is 49.5 Å². The molecule has 1 heterocycles. The predicted octanol–water partition coefficient (Wildman–Crippen LogP) is 2.25. The monoisotopic (exact) mass is 284 g/mol. The van der Waals surface area contributed by atoms with Gasteiger partial charge in [0.2, 0.25) is 0 Å². The van der Waals surface area contributed by atoms with Crippen molar-refractivity contribution >= 4 is 5.69 Å². The average Bonchev–Trinajstić information content (AvgIpc) is 2.48. The van der Waals surface area contributed by atoms with Crippen LogP contribution in [0.25, 0.3) is 11.3 Å². The number of pyridine rings is 1. The summed E-state index contributed by atoms with van der Waals surface area (Å²) in [7, 11) is 8.04. The van der Waals surface area contributed by atoms with Crippen molar-refractivity contribution in [3.8, 4) is 11.3 Å². The summed E-state index contributed by atoms with van der Waals surface area (Å²) in [4.78, 5) is 6.68. The molecule has 0 bridgehead atoms. The van der Waals surface area contributed by atoms with E-state index in [-0.39, 0.29) is 0 Å². The maximum Gasteiger partial charge on any atom is 0.0709 e. The number of hydrogen-bond donors (Lipinski definition) is 2. The van der Waals surface area contributed by atoms with Crippen LogP contribution < -0.4 is 15.5 Å². The lowest BCUT2D eigenvalue weighted by Crippen LogP contribution is -2.11. The Kier molecular flexibility index (Phi) is 5.31. The van der Waals surface area contributed by atoms with Crippen LogP contribution in [0, 0.1) is 0 Å². The van der Waals surface area contributed by atoms with E-state index in [2.05, 4.69) is 58.9 Å². The third-order valence-corrected chi connectivity index (χ3v) is 3.46. The Hall–Kier alpha value is -1.91. The lowest BCUT2D eigenvalue weighted by atomic mass is 10.0. The highest BCUT2D eigenvalue weighted by molar-refractivity contribution is 5.69. The molecule has 0 amide bonds. The van der Waals surface area contributed by atoms with Crippen molar-refractivity contribution in [2.24, 2.45) is 0 Å². The van der Waals surface area contributed by atoms with Crippen LogP contribution in [-0.4, -0.2) is 33.2 Å². The molecule has 0 radical (unpaired) electrons. The smallest absolute Gasteiger partial charge is 0.0709 e. The van der Waals surface area contributed by atoms with Crippen molar-refractivity contribution in [1.82, 2.24) is 15.6 Å². The Bertz CT molecular complexity index is 593. The minimum absolute atomic E-state index is 0.834. The lowest BCUT2D eigenvalue weighted by Gasteiger charge is -2.17. The number of aromatic nitrogens is 1. The highest BCUT2D eigenvalue weighted by Crippen LogP contribution is 2.27. The molecule has 112 valence electrons. The fraction of sp³-hybridized carbons (Fsp3) is 0.353. The van der Waals surface area contributed by atoms with Crippen LogP contribution in [0.2, 0.25) is 0 Å². The quantitative estimate of drug-likeness (QED) is 0.853. The number of benzene rings is 1. The molecule has 0 saturated heterocycles. The Balaban J connectivity index is 2.48. The van der Waals surface area contributed by atoms with Crippen molar-refractivity contribution in [2.75, 3.05) is 33.1 Å². The first kappa shape index (κ1) is 15.5. The number of anilines is 1. The Morgan fingerprint density at radius 3 is 2.43 bits per heavy atom. The molecular formula is C17H24N4. The Morgan fingerprint density at radius 2 is 1.76 bits per heavy atom. The van der Waals surface area contributed by atoms with Crippen LogP contribution in [0.5, 0.6) is 0 Å². The fourth-order valence-corrected chi connectivity index (χ4v) is 2.36. The van der Waals surface area contributed by atoms with Crippen LogP contribution in [-0.2, 0) is 13.1 Å². The van der Waals surface area contributed by atoms with Crippen molar-refractivity contribution in [2.45, 2.75) is 13.1 Å². The molecule has 0 unspecified atom stereocenters. The molecule has 0 atom stereocenters. The first-order valence-corrected chi connectivity index (χ1v) is 7.20. The maximum atomic E-state index is 4.56. The molecule has 0 fully saturated rings. The summed E-state index contributed by atoms with van der Waals surface area (Å²) in [5.41, 5.74) is 5.90. The van der Waals surface area contributed by atoms with Crippen molar-refractivity contribution in [1.29, 1.82) is 0 Å². The van der Waals surface area contributed by atoms with Gasteiger partial charge in [-0.3, -0.25) is 4.98 Å². The number of rotatable bonds is 6. The number of nitrogens with zero attached hydrogens (tertiary/aromatic N) is 2. The normalized spacial score (nSPS) is 10.7. The molecular weight excluding hydrogens is 260 g/mol. The number of hydrogen-bond acceptors (Lipinski definition) is 4. The van der Waals surface area contributed by atoms with Crippen LogP contribution >= 0.6 is 0 Å². The summed E-state index contributed by atoms with van der Waals surface area (Å²) in [6.45, 7) is 1.69. The Morgan fingerprint density at radius 1 is 1.00 bits per heavy atom. The maximum absolute atomic E-state index is 4.56. The second-order valence-electron chi connectivity index (χ2n) is 5.35. The van der Waals surface area contributed by atoms with E-state index < -0.39 is 0 Å².